The van der Waals surface area contributed by atoms with Gasteiger partial charge in [-0.1, -0.05) is 40.2 Å². The third-order valence-electron chi connectivity index (χ3n) is 2.03. The van der Waals surface area contributed by atoms with Crippen LogP contribution in [0.15, 0.2) is 24.3 Å². The van der Waals surface area contributed by atoms with Crippen molar-refractivity contribution >= 4 is 27.9 Å². The van der Waals surface area contributed by atoms with Crippen LogP contribution >= 0.6 is 15.9 Å². The van der Waals surface area contributed by atoms with Crippen molar-refractivity contribution in [2.45, 2.75) is 6.92 Å². The van der Waals surface area contributed by atoms with Gasteiger partial charge < -0.3 is 5.73 Å². The van der Waals surface area contributed by atoms with Gasteiger partial charge in [0.05, 0.1) is 0 Å². The number of carbonyl (C=O) groups is 1. The Balaban J connectivity index is 3.14. The molecule has 0 saturated heterocycles. The van der Waals surface area contributed by atoms with Gasteiger partial charge in [0.1, 0.15) is 0 Å². The molecule has 0 unspecified atom stereocenters. The molecule has 0 spiro atoms. The number of allylic oxidation sites excluding steroid dienone is 1. The van der Waals surface area contributed by atoms with Gasteiger partial charge in [0.25, 0.3) is 0 Å². The Labute approximate surface area is 91.9 Å². The Kier molecular flexibility index (Phi) is 3.89. The normalized spacial score (nSPS) is 10.7. The number of rotatable bonds is 3. The van der Waals surface area contributed by atoms with Gasteiger partial charge in [0.15, 0.2) is 0 Å². The summed E-state index contributed by atoms with van der Waals surface area (Å²) in [7, 11) is 0. The van der Waals surface area contributed by atoms with Crippen LogP contribution in [0.2, 0.25) is 0 Å². The summed E-state index contributed by atoms with van der Waals surface area (Å²) < 4.78 is 0. The summed E-state index contributed by atoms with van der Waals surface area (Å²) in [5.74, 6) is -0.378. The third kappa shape index (κ3) is 2.45. The Morgan fingerprint density at radius 3 is 2.86 bits per heavy atom. The van der Waals surface area contributed by atoms with Gasteiger partial charge in [-0.15, -0.1) is 0 Å². The highest BCUT2D eigenvalue weighted by molar-refractivity contribution is 9.09. The lowest BCUT2D eigenvalue weighted by molar-refractivity contribution is 0.0999. The van der Waals surface area contributed by atoms with E-state index in [4.69, 9.17) is 5.73 Å². The molecule has 0 fully saturated rings. The second kappa shape index (κ2) is 4.96. The highest BCUT2D eigenvalue weighted by atomic mass is 79.9. The first-order chi connectivity index (χ1) is 6.66. The second-order valence-corrected chi connectivity index (χ2v) is 3.59. The van der Waals surface area contributed by atoms with Gasteiger partial charge in [-0.3, -0.25) is 4.79 Å². The summed E-state index contributed by atoms with van der Waals surface area (Å²) in [6.45, 7) is 1.90. The van der Waals surface area contributed by atoms with Crippen LogP contribution < -0.4 is 5.73 Å². The fourth-order valence-corrected chi connectivity index (χ4v) is 1.46. The zero-order valence-electron chi connectivity index (χ0n) is 7.96. The van der Waals surface area contributed by atoms with Crippen molar-refractivity contribution in [2.24, 2.45) is 5.73 Å². The average molecular weight is 254 g/mol. The number of hydrogen-bond acceptors (Lipinski definition) is 1. The molecule has 0 radical (unpaired) electrons. The molecule has 2 N–H and O–H groups in total. The molecule has 3 heteroatoms. The van der Waals surface area contributed by atoms with E-state index >= 15 is 0 Å². The number of alkyl halides is 1. The maximum Gasteiger partial charge on any atom is 0.248 e. The van der Waals surface area contributed by atoms with Crippen LogP contribution in [-0.4, -0.2) is 11.2 Å². The zero-order chi connectivity index (χ0) is 10.6. The molecule has 0 aliphatic rings. The van der Waals surface area contributed by atoms with E-state index in [9.17, 15) is 4.79 Å². The minimum Gasteiger partial charge on any atom is -0.366 e. The average Bonchev–Trinajstić information content (AvgIpc) is 2.16. The molecule has 14 heavy (non-hydrogen) atoms. The predicted molar refractivity (Wildman–Crippen MR) is 62.5 cm³/mol. The van der Waals surface area contributed by atoms with Crippen molar-refractivity contribution in [1.82, 2.24) is 0 Å². The van der Waals surface area contributed by atoms with Crippen LogP contribution in [0.1, 0.15) is 21.5 Å². The molecule has 0 aromatic heterocycles. The van der Waals surface area contributed by atoms with Crippen molar-refractivity contribution in [3.8, 4) is 0 Å². The number of nitrogens with two attached hydrogens (primary N) is 1. The quantitative estimate of drug-likeness (QED) is 0.827. The Hall–Kier alpha value is -1.09. The fourth-order valence-electron chi connectivity index (χ4n) is 1.27. The predicted octanol–water partition coefficient (Wildman–Crippen LogP) is 2.50. The zero-order valence-corrected chi connectivity index (χ0v) is 9.54. The van der Waals surface area contributed by atoms with Crippen LogP contribution in [-0.2, 0) is 0 Å². The maximum absolute atomic E-state index is 11.0. The standard InChI is InChI=1S/C11H12BrNO/c1-8-9(5-3-7-12)4-2-6-10(8)11(13)14/h2-6H,7H2,1H3,(H2,13,14). The highest BCUT2D eigenvalue weighted by Crippen LogP contribution is 2.14. The van der Waals surface area contributed by atoms with Crippen LogP contribution in [0.4, 0.5) is 0 Å². The summed E-state index contributed by atoms with van der Waals surface area (Å²) in [6, 6.07) is 5.53. The third-order valence-corrected chi connectivity index (χ3v) is 2.40. The lowest BCUT2D eigenvalue weighted by atomic mass is 10.0. The molecule has 0 aliphatic carbocycles. The number of amides is 1. The van der Waals surface area contributed by atoms with Crippen molar-refractivity contribution < 1.29 is 4.79 Å². The summed E-state index contributed by atoms with van der Waals surface area (Å²) in [6.07, 6.45) is 3.95. The number of halogens is 1. The van der Waals surface area contributed by atoms with Crippen molar-refractivity contribution in [1.29, 1.82) is 0 Å². The van der Waals surface area contributed by atoms with Crippen LogP contribution in [0, 0.1) is 6.92 Å². The van der Waals surface area contributed by atoms with E-state index in [1.54, 1.807) is 6.07 Å². The molecular weight excluding hydrogens is 242 g/mol. The number of primary amides is 1. The SMILES string of the molecule is Cc1c(C=CCBr)cccc1C(N)=O. The van der Waals surface area contributed by atoms with Crippen molar-refractivity contribution in [3.63, 3.8) is 0 Å². The largest absolute Gasteiger partial charge is 0.366 e. The van der Waals surface area contributed by atoms with Crippen LogP contribution in [0.3, 0.4) is 0 Å². The topological polar surface area (TPSA) is 43.1 Å². The van der Waals surface area contributed by atoms with E-state index in [1.165, 1.54) is 0 Å². The summed E-state index contributed by atoms with van der Waals surface area (Å²) in [5, 5.41) is 0.799. The van der Waals surface area contributed by atoms with Crippen molar-refractivity contribution in [3.05, 3.63) is 41.0 Å². The molecule has 0 aliphatic heterocycles. The monoisotopic (exact) mass is 253 g/mol. The number of benzene rings is 1. The van der Waals surface area contributed by atoms with Crippen molar-refractivity contribution in [2.75, 3.05) is 5.33 Å². The minimum absolute atomic E-state index is 0.378. The lowest BCUT2D eigenvalue weighted by Gasteiger charge is -2.04. The molecule has 1 rings (SSSR count). The van der Waals surface area contributed by atoms with Gasteiger partial charge >= 0.3 is 0 Å². The first-order valence-corrected chi connectivity index (χ1v) is 5.41. The molecule has 0 saturated carbocycles. The minimum atomic E-state index is -0.378. The first-order valence-electron chi connectivity index (χ1n) is 4.28. The van der Waals surface area contributed by atoms with Gasteiger partial charge in [0, 0.05) is 10.9 Å². The van der Waals surface area contributed by atoms with Crippen LogP contribution in [0.25, 0.3) is 6.08 Å². The molecule has 1 aromatic rings. The molecule has 0 heterocycles. The molecular formula is C11H12BrNO. The second-order valence-electron chi connectivity index (χ2n) is 2.94. The smallest absolute Gasteiger partial charge is 0.248 e. The van der Waals surface area contributed by atoms with E-state index < -0.39 is 0 Å². The summed E-state index contributed by atoms with van der Waals surface area (Å²) in [4.78, 5) is 11.0. The molecule has 1 aromatic carbocycles. The summed E-state index contributed by atoms with van der Waals surface area (Å²) in [5.41, 5.74) is 7.78. The molecule has 0 bridgehead atoms. The van der Waals surface area contributed by atoms with E-state index in [2.05, 4.69) is 15.9 Å². The molecule has 2 nitrogen and oxygen atoms in total. The number of carbonyl (C=O) groups excluding carboxylic acids is 1. The Morgan fingerprint density at radius 2 is 2.29 bits per heavy atom. The van der Waals surface area contributed by atoms with Gasteiger partial charge in [-0.25, -0.2) is 0 Å². The maximum atomic E-state index is 11.0. The Morgan fingerprint density at radius 1 is 1.57 bits per heavy atom. The van der Waals surface area contributed by atoms with Crippen LogP contribution in [0.5, 0.6) is 0 Å². The molecule has 1 amide bonds. The number of hydrogen-bond donors (Lipinski definition) is 1. The lowest BCUT2D eigenvalue weighted by Crippen LogP contribution is -2.12. The first kappa shape index (κ1) is 11.0. The van der Waals surface area contributed by atoms with Gasteiger partial charge in [-0.05, 0) is 24.1 Å². The molecule has 74 valence electrons. The van der Waals surface area contributed by atoms with Gasteiger partial charge in [0.2, 0.25) is 5.91 Å². The highest BCUT2D eigenvalue weighted by Gasteiger charge is 2.05. The van der Waals surface area contributed by atoms with E-state index in [0.29, 0.717) is 5.56 Å². The van der Waals surface area contributed by atoms with Gasteiger partial charge in [-0.2, -0.15) is 0 Å². The summed E-state index contributed by atoms with van der Waals surface area (Å²) >= 11 is 3.30. The van der Waals surface area contributed by atoms with E-state index in [-0.39, 0.29) is 5.91 Å². The molecule has 0 atom stereocenters. The Bertz CT molecular complexity index is 372. The fraction of sp³-hybridized carbons (Fsp3) is 0.182. The van der Waals surface area contributed by atoms with E-state index in [0.717, 1.165) is 16.5 Å². The van der Waals surface area contributed by atoms with E-state index in [1.807, 2.05) is 31.2 Å².